The average molecular weight is 465 g/mol. The molecule has 0 radical (unpaired) electrons. The molecule has 2 heterocycles. The van der Waals surface area contributed by atoms with E-state index in [4.69, 9.17) is 32.5 Å². The molecular weight excluding hydrogens is 447 g/mol. The lowest BCUT2D eigenvalue weighted by Gasteiger charge is -2.12. The third-order valence-corrected chi connectivity index (χ3v) is 6.77. The summed E-state index contributed by atoms with van der Waals surface area (Å²) in [5.74, 6) is -0.493. The van der Waals surface area contributed by atoms with E-state index in [9.17, 15) is 9.59 Å². The fraction of sp³-hybridized carbons (Fsp3) is 0.286. The molecule has 3 aromatic rings. The largest absolute Gasteiger partial charge is 0.462 e. The van der Waals surface area contributed by atoms with Crippen molar-refractivity contribution in [3.63, 3.8) is 0 Å². The number of aryl methyl sites for hydroxylation is 1. The molecule has 1 aliphatic carbocycles. The Morgan fingerprint density at radius 2 is 2.00 bits per heavy atom. The van der Waals surface area contributed by atoms with Gasteiger partial charge in [-0.25, -0.2) is 4.79 Å². The zero-order chi connectivity index (χ0) is 21.3. The fourth-order valence-electron chi connectivity index (χ4n) is 3.41. The number of amides is 1. The molecule has 0 fully saturated rings. The van der Waals surface area contributed by atoms with Crippen LogP contribution in [0.5, 0.6) is 0 Å². The van der Waals surface area contributed by atoms with Crippen molar-refractivity contribution >= 4 is 51.4 Å². The maximum atomic E-state index is 12.8. The van der Waals surface area contributed by atoms with E-state index in [1.54, 1.807) is 25.1 Å². The SMILES string of the molecule is CCOC(=O)c1c(NC(=O)c2cc(-c3ccc(Cl)c(Cl)c3)on2)sc2c1CCCC2. The number of hydrogen-bond donors (Lipinski definition) is 1. The van der Waals surface area contributed by atoms with Gasteiger partial charge in [0.2, 0.25) is 0 Å². The lowest BCUT2D eigenvalue weighted by molar-refractivity contribution is 0.0526. The summed E-state index contributed by atoms with van der Waals surface area (Å²) in [5.41, 5.74) is 2.18. The van der Waals surface area contributed by atoms with Crippen LogP contribution in [0.15, 0.2) is 28.8 Å². The van der Waals surface area contributed by atoms with Gasteiger partial charge in [-0.2, -0.15) is 0 Å². The third kappa shape index (κ3) is 4.10. The second kappa shape index (κ2) is 8.79. The molecule has 0 saturated heterocycles. The van der Waals surface area contributed by atoms with Gasteiger partial charge in [-0.15, -0.1) is 11.3 Å². The number of fused-ring (bicyclic) bond motifs is 1. The highest BCUT2D eigenvalue weighted by atomic mass is 35.5. The molecule has 1 aromatic carbocycles. The molecule has 0 unspecified atom stereocenters. The first-order valence-electron chi connectivity index (χ1n) is 9.53. The fourth-order valence-corrected chi connectivity index (χ4v) is 4.98. The molecule has 0 aliphatic heterocycles. The molecule has 2 aromatic heterocycles. The van der Waals surface area contributed by atoms with E-state index in [1.165, 1.54) is 17.4 Å². The summed E-state index contributed by atoms with van der Waals surface area (Å²) in [6, 6.07) is 6.52. The number of carbonyl (C=O) groups is 2. The van der Waals surface area contributed by atoms with Crippen LogP contribution in [-0.2, 0) is 17.6 Å². The summed E-state index contributed by atoms with van der Waals surface area (Å²) in [6.07, 6.45) is 3.79. The van der Waals surface area contributed by atoms with Crippen molar-refractivity contribution in [1.29, 1.82) is 0 Å². The highest BCUT2D eigenvalue weighted by Crippen LogP contribution is 2.39. The van der Waals surface area contributed by atoms with E-state index in [0.29, 0.717) is 31.9 Å². The molecular formula is C21H18Cl2N2O4S. The average Bonchev–Trinajstić information content (AvgIpc) is 3.35. The van der Waals surface area contributed by atoms with Gasteiger partial charge in [0.1, 0.15) is 5.00 Å². The number of halogens is 2. The second-order valence-corrected chi connectivity index (χ2v) is 8.71. The van der Waals surface area contributed by atoms with Crippen molar-refractivity contribution in [2.45, 2.75) is 32.6 Å². The topological polar surface area (TPSA) is 81.4 Å². The van der Waals surface area contributed by atoms with Crippen LogP contribution < -0.4 is 5.32 Å². The maximum Gasteiger partial charge on any atom is 0.341 e. The molecule has 1 amide bonds. The molecule has 1 N–H and O–H groups in total. The van der Waals surface area contributed by atoms with Crippen LogP contribution in [0.3, 0.4) is 0 Å². The number of thiophene rings is 1. The molecule has 9 heteroatoms. The molecule has 6 nitrogen and oxygen atoms in total. The van der Waals surface area contributed by atoms with E-state index < -0.39 is 11.9 Å². The molecule has 30 heavy (non-hydrogen) atoms. The highest BCUT2D eigenvalue weighted by molar-refractivity contribution is 7.17. The normalized spacial score (nSPS) is 13.0. The van der Waals surface area contributed by atoms with Crippen molar-refractivity contribution in [2.24, 2.45) is 0 Å². The molecule has 0 saturated carbocycles. The van der Waals surface area contributed by atoms with E-state index in [2.05, 4.69) is 10.5 Å². The Kier molecular flexibility index (Phi) is 6.13. The Labute approximate surface area is 187 Å². The standard InChI is InChI=1S/C21H18Cl2N2O4S/c1-2-28-21(27)18-12-5-3-4-6-17(12)30-20(18)24-19(26)15-10-16(29-25-15)11-7-8-13(22)14(23)9-11/h7-10H,2-6H2,1H3,(H,24,26). The molecule has 4 rings (SSSR count). The minimum Gasteiger partial charge on any atom is -0.462 e. The number of nitrogens with zero attached hydrogens (tertiary/aromatic N) is 1. The van der Waals surface area contributed by atoms with Gasteiger partial charge in [0, 0.05) is 16.5 Å². The minimum absolute atomic E-state index is 0.0947. The van der Waals surface area contributed by atoms with Gasteiger partial charge >= 0.3 is 5.97 Å². The second-order valence-electron chi connectivity index (χ2n) is 6.79. The predicted molar refractivity (Wildman–Crippen MR) is 117 cm³/mol. The van der Waals surface area contributed by atoms with Gasteiger partial charge in [-0.3, -0.25) is 4.79 Å². The minimum atomic E-state index is -0.464. The summed E-state index contributed by atoms with van der Waals surface area (Å²) < 4.78 is 10.5. The van der Waals surface area contributed by atoms with Crippen molar-refractivity contribution in [2.75, 3.05) is 11.9 Å². The van der Waals surface area contributed by atoms with Crippen LogP contribution in [0.2, 0.25) is 10.0 Å². The lowest BCUT2D eigenvalue weighted by atomic mass is 9.95. The summed E-state index contributed by atoms with van der Waals surface area (Å²) in [5, 5.41) is 7.96. The van der Waals surface area contributed by atoms with Crippen molar-refractivity contribution in [3.8, 4) is 11.3 Å². The number of anilines is 1. The number of benzene rings is 1. The smallest absolute Gasteiger partial charge is 0.341 e. The number of rotatable bonds is 5. The van der Waals surface area contributed by atoms with E-state index in [-0.39, 0.29) is 12.3 Å². The Balaban J connectivity index is 1.60. The number of ether oxygens (including phenoxy) is 1. The van der Waals surface area contributed by atoms with Crippen molar-refractivity contribution in [3.05, 3.63) is 56.0 Å². The highest BCUT2D eigenvalue weighted by Gasteiger charge is 2.28. The van der Waals surface area contributed by atoms with Gasteiger partial charge in [0.05, 0.1) is 22.2 Å². The van der Waals surface area contributed by atoms with E-state index in [0.717, 1.165) is 36.1 Å². The summed E-state index contributed by atoms with van der Waals surface area (Å²) in [6.45, 7) is 2.03. The first-order valence-corrected chi connectivity index (χ1v) is 11.1. The molecule has 1 aliphatic rings. The number of carbonyl (C=O) groups excluding carboxylic acids is 2. The quantitative estimate of drug-likeness (QED) is 0.466. The maximum absolute atomic E-state index is 12.8. The van der Waals surface area contributed by atoms with Crippen LogP contribution in [0.4, 0.5) is 5.00 Å². The van der Waals surface area contributed by atoms with Crippen LogP contribution in [-0.4, -0.2) is 23.6 Å². The van der Waals surface area contributed by atoms with Gasteiger partial charge in [-0.05, 0) is 56.4 Å². The lowest BCUT2D eigenvalue weighted by Crippen LogP contribution is -2.16. The Morgan fingerprint density at radius 3 is 2.77 bits per heavy atom. The monoisotopic (exact) mass is 464 g/mol. The summed E-state index contributed by atoms with van der Waals surface area (Å²) in [7, 11) is 0. The Morgan fingerprint density at radius 1 is 1.20 bits per heavy atom. The zero-order valence-electron chi connectivity index (χ0n) is 16.1. The van der Waals surface area contributed by atoms with Crippen LogP contribution >= 0.6 is 34.5 Å². The van der Waals surface area contributed by atoms with Crippen molar-refractivity contribution in [1.82, 2.24) is 5.16 Å². The van der Waals surface area contributed by atoms with E-state index in [1.807, 2.05) is 0 Å². The first-order chi connectivity index (χ1) is 14.5. The molecule has 0 atom stereocenters. The Hall–Kier alpha value is -2.35. The first kappa shape index (κ1) is 20.9. The van der Waals surface area contributed by atoms with Crippen LogP contribution in [0.25, 0.3) is 11.3 Å². The van der Waals surface area contributed by atoms with Crippen molar-refractivity contribution < 1.29 is 18.8 Å². The number of hydrogen-bond acceptors (Lipinski definition) is 6. The Bertz CT molecular complexity index is 1120. The molecule has 0 spiro atoms. The third-order valence-electron chi connectivity index (χ3n) is 4.82. The molecule has 0 bridgehead atoms. The summed E-state index contributed by atoms with van der Waals surface area (Å²) >= 11 is 13.4. The predicted octanol–water partition coefficient (Wildman–Crippen LogP) is 6.02. The van der Waals surface area contributed by atoms with Gasteiger partial charge in [-0.1, -0.05) is 28.4 Å². The van der Waals surface area contributed by atoms with Gasteiger partial charge in [0.25, 0.3) is 5.91 Å². The van der Waals surface area contributed by atoms with Gasteiger partial charge in [0.15, 0.2) is 11.5 Å². The van der Waals surface area contributed by atoms with Crippen LogP contribution in [0.1, 0.15) is 51.1 Å². The number of aromatic nitrogens is 1. The van der Waals surface area contributed by atoms with Crippen LogP contribution in [0, 0.1) is 0 Å². The number of nitrogens with one attached hydrogen (secondary N) is 1. The molecule has 156 valence electrons. The zero-order valence-corrected chi connectivity index (χ0v) is 18.4. The summed E-state index contributed by atoms with van der Waals surface area (Å²) in [4.78, 5) is 26.5. The van der Waals surface area contributed by atoms with Gasteiger partial charge < -0.3 is 14.6 Å². The number of esters is 1. The van der Waals surface area contributed by atoms with E-state index >= 15 is 0 Å².